The predicted molar refractivity (Wildman–Crippen MR) is 63.7 cm³/mol. The van der Waals surface area contributed by atoms with E-state index in [9.17, 15) is 9.59 Å². The molecule has 0 spiro atoms. The van der Waals surface area contributed by atoms with Crippen LogP contribution >= 0.6 is 0 Å². The number of carboxylic acids is 1. The predicted octanol–water partition coefficient (Wildman–Crippen LogP) is 0.802. The topological polar surface area (TPSA) is 82.8 Å². The van der Waals surface area contributed by atoms with Crippen LogP contribution in [0.5, 0.6) is 0 Å². The van der Waals surface area contributed by atoms with Crippen LogP contribution in [-0.4, -0.2) is 48.1 Å². The summed E-state index contributed by atoms with van der Waals surface area (Å²) in [6, 6.07) is 1.44. The minimum Gasteiger partial charge on any atom is -0.478 e. The number of piperidine rings is 1. The number of hydrogen-bond donors (Lipinski definition) is 2. The van der Waals surface area contributed by atoms with Crippen molar-refractivity contribution in [3.8, 4) is 0 Å². The quantitative estimate of drug-likeness (QED) is 0.831. The molecule has 1 aliphatic heterocycles. The summed E-state index contributed by atoms with van der Waals surface area (Å²) in [5.41, 5.74) is -0.00272. The average Bonchev–Trinajstić information content (AvgIpc) is 2.88. The van der Waals surface area contributed by atoms with Crippen molar-refractivity contribution in [2.75, 3.05) is 20.1 Å². The molecule has 98 valence electrons. The molecule has 1 saturated heterocycles. The van der Waals surface area contributed by atoms with Crippen LogP contribution in [0.25, 0.3) is 0 Å². The van der Waals surface area contributed by atoms with E-state index in [0.717, 1.165) is 32.2 Å². The minimum absolute atomic E-state index is 0.00272. The fourth-order valence-corrected chi connectivity index (χ4v) is 2.09. The van der Waals surface area contributed by atoms with Crippen molar-refractivity contribution in [1.82, 2.24) is 10.2 Å². The zero-order valence-corrected chi connectivity index (χ0v) is 10.2. The molecular weight excluding hydrogens is 236 g/mol. The number of furan rings is 1. The number of nitrogens with one attached hydrogen (secondary N) is 1. The molecule has 6 nitrogen and oxygen atoms in total. The van der Waals surface area contributed by atoms with Gasteiger partial charge in [-0.3, -0.25) is 4.79 Å². The Bertz CT molecular complexity index is 449. The molecule has 0 saturated carbocycles. The van der Waals surface area contributed by atoms with Gasteiger partial charge in [-0.2, -0.15) is 0 Å². The standard InChI is InChI=1S/C12H16N2O4/c1-14(9-2-4-13-5-3-9)11(15)10-6-8(7-18-10)12(16)17/h6-7,9,13H,2-5H2,1H3,(H,16,17). The van der Waals surface area contributed by atoms with Crippen molar-refractivity contribution in [3.63, 3.8) is 0 Å². The van der Waals surface area contributed by atoms with E-state index in [1.807, 2.05) is 0 Å². The first-order valence-corrected chi connectivity index (χ1v) is 5.89. The number of carbonyl (C=O) groups excluding carboxylic acids is 1. The van der Waals surface area contributed by atoms with Gasteiger partial charge in [-0.1, -0.05) is 0 Å². The number of aromatic carboxylic acids is 1. The van der Waals surface area contributed by atoms with Crippen LogP contribution in [0.3, 0.4) is 0 Å². The summed E-state index contributed by atoms with van der Waals surface area (Å²) in [6.07, 6.45) is 2.88. The first-order valence-electron chi connectivity index (χ1n) is 5.89. The summed E-state index contributed by atoms with van der Waals surface area (Å²) in [5.74, 6) is -1.29. The lowest BCUT2D eigenvalue weighted by molar-refractivity contribution is 0.0668. The first kappa shape index (κ1) is 12.6. The molecule has 18 heavy (non-hydrogen) atoms. The van der Waals surface area contributed by atoms with Crippen molar-refractivity contribution >= 4 is 11.9 Å². The second-order valence-electron chi connectivity index (χ2n) is 4.40. The summed E-state index contributed by atoms with van der Waals surface area (Å²) in [7, 11) is 1.72. The molecule has 2 rings (SSSR count). The van der Waals surface area contributed by atoms with Gasteiger partial charge >= 0.3 is 5.97 Å². The second-order valence-corrected chi connectivity index (χ2v) is 4.40. The van der Waals surface area contributed by atoms with Crippen LogP contribution in [0.15, 0.2) is 16.7 Å². The molecule has 0 atom stereocenters. The first-order chi connectivity index (χ1) is 8.59. The van der Waals surface area contributed by atoms with Gasteiger partial charge in [0.05, 0.1) is 5.56 Å². The van der Waals surface area contributed by atoms with Crippen molar-refractivity contribution < 1.29 is 19.1 Å². The summed E-state index contributed by atoms with van der Waals surface area (Å²) < 4.78 is 5.01. The number of carboxylic acid groups (broad SMARTS) is 1. The van der Waals surface area contributed by atoms with E-state index in [1.54, 1.807) is 11.9 Å². The highest BCUT2D eigenvalue weighted by Crippen LogP contribution is 2.15. The van der Waals surface area contributed by atoms with Crippen LogP contribution in [0.4, 0.5) is 0 Å². The molecule has 1 aliphatic rings. The van der Waals surface area contributed by atoms with E-state index in [0.29, 0.717) is 0 Å². The summed E-state index contributed by atoms with van der Waals surface area (Å²) >= 11 is 0. The van der Waals surface area contributed by atoms with Crippen LogP contribution in [0.1, 0.15) is 33.8 Å². The molecule has 1 aromatic rings. The molecule has 6 heteroatoms. The molecule has 2 heterocycles. The fourth-order valence-electron chi connectivity index (χ4n) is 2.09. The fraction of sp³-hybridized carbons (Fsp3) is 0.500. The Kier molecular flexibility index (Phi) is 3.66. The van der Waals surface area contributed by atoms with Gasteiger partial charge in [0.2, 0.25) is 0 Å². The normalized spacial score (nSPS) is 16.5. The van der Waals surface area contributed by atoms with Crippen LogP contribution in [0.2, 0.25) is 0 Å². The summed E-state index contributed by atoms with van der Waals surface area (Å²) in [6.45, 7) is 1.78. The van der Waals surface area contributed by atoms with Gasteiger partial charge in [0.1, 0.15) is 6.26 Å². The van der Waals surface area contributed by atoms with E-state index >= 15 is 0 Å². The molecule has 0 aromatic carbocycles. The molecule has 0 bridgehead atoms. The van der Waals surface area contributed by atoms with Gasteiger partial charge in [-0.25, -0.2) is 4.79 Å². The monoisotopic (exact) mass is 252 g/mol. The van der Waals surface area contributed by atoms with Crippen molar-refractivity contribution in [2.24, 2.45) is 0 Å². The number of amides is 1. The number of hydrogen-bond acceptors (Lipinski definition) is 4. The second kappa shape index (κ2) is 5.22. The maximum atomic E-state index is 12.1. The maximum absolute atomic E-state index is 12.1. The van der Waals surface area contributed by atoms with E-state index < -0.39 is 5.97 Å². The van der Waals surface area contributed by atoms with Gasteiger partial charge in [0.25, 0.3) is 5.91 Å². The highest BCUT2D eigenvalue weighted by molar-refractivity contribution is 5.95. The molecule has 0 unspecified atom stereocenters. The molecular formula is C12H16N2O4. The zero-order chi connectivity index (χ0) is 13.1. The molecule has 0 aliphatic carbocycles. The Morgan fingerprint density at radius 2 is 2.11 bits per heavy atom. The largest absolute Gasteiger partial charge is 0.478 e. The van der Waals surface area contributed by atoms with Crippen molar-refractivity contribution in [3.05, 3.63) is 23.7 Å². The van der Waals surface area contributed by atoms with Gasteiger partial charge in [-0.05, 0) is 25.9 Å². The Labute approximate surface area is 105 Å². The lowest BCUT2D eigenvalue weighted by atomic mass is 10.1. The van der Waals surface area contributed by atoms with E-state index in [1.165, 1.54) is 6.07 Å². The lowest BCUT2D eigenvalue weighted by Gasteiger charge is -2.31. The maximum Gasteiger partial charge on any atom is 0.338 e. The van der Waals surface area contributed by atoms with Crippen LogP contribution in [0, 0.1) is 0 Å². The highest BCUT2D eigenvalue weighted by atomic mass is 16.4. The van der Waals surface area contributed by atoms with Crippen molar-refractivity contribution in [2.45, 2.75) is 18.9 Å². The summed E-state index contributed by atoms with van der Waals surface area (Å²) in [5, 5.41) is 12.0. The van der Waals surface area contributed by atoms with Gasteiger partial charge in [-0.15, -0.1) is 0 Å². The highest BCUT2D eigenvalue weighted by Gasteiger charge is 2.25. The number of carbonyl (C=O) groups is 2. The van der Waals surface area contributed by atoms with E-state index in [-0.39, 0.29) is 23.3 Å². The van der Waals surface area contributed by atoms with Crippen LogP contribution in [-0.2, 0) is 0 Å². The van der Waals surface area contributed by atoms with Gasteiger partial charge in [0, 0.05) is 19.2 Å². The molecule has 0 radical (unpaired) electrons. The van der Waals surface area contributed by atoms with Crippen LogP contribution < -0.4 is 5.32 Å². The Hall–Kier alpha value is -1.82. The summed E-state index contributed by atoms with van der Waals surface area (Å²) in [4.78, 5) is 24.4. The third-order valence-corrected chi connectivity index (χ3v) is 3.23. The van der Waals surface area contributed by atoms with Gasteiger partial charge < -0.3 is 19.7 Å². The van der Waals surface area contributed by atoms with E-state index in [4.69, 9.17) is 9.52 Å². The lowest BCUT2D eigenvalue weighted by Crippen LogP contribution is -2.43. The zero-order valence-electron chi connectivity index (χ0n) is 10.2. The number of nitrogens with zero attached hydrogens (tertiary/aromatic N) is 1. The van der Waals surface area contributed by atoms with E-state index in [2.05, 4.69) is 5.32 Å². The molecule has 1 amide bonds. The minimum atomic E-state index is -1.10. The molecule has 1 aromatic heterocycles. The third kappa shape index (κ3) is 2.53. The Balaban J connectivity index is 2.07. The smallest absolute Gasteiger partial charge is 0.338 e. The molecule has 1 fully saturated rings. The van der Waals surface area contributed by atoms with Crippen molar-refractivity contribution in [1.29, 1.82) is 0 Å². The Morgan fingerprint density at radius 1 is 1.44 bits per heavy atom. The SMILES string of the molecule is CN(C(=O)c1cc(C(=O)O)co1)C1CCNCC1. The average molecular weight is 252 g/mol. The Morgan fingerprint density at radius 3 is 2.67 bits per heavy atom. The third-order valence-electron chi connectivity index (χ3n) is 3.23. The number of rotatable bonds is 3. The van der Waals surface area contributed by atoms with Gasteiger partial charge in [0.15, 0.2) is 5.76 Å². The molecule has 2 N–H and O–H groups in total.